The van der Waals surface area contributed by atoms with E-state index in [1.807, 2.05) is 0 Å². The van der Waals surface area contributed by atoms with E-state index >= 15 is 4.39 Å². The second-order valence-electron chi connectivity index (χ2n) is 9.69. The van der Waals surface area contributed by atoms with Gasteiger partial charge in [0.1, 0.15) is 5.82 Å². The van der Waals surface area contributed by atoms with Crippen molar-refractivity contribution in [2.75, 3.05) is 11.4 Å². The molecule has 3 aromatic rings. The van der Waals surface area contributed by atoms with Crippen LogP contribution in [0.5, 0.6) is 0 Å². The molecule has 1 aromatic heterocycles. The maximum Gasteiger partial charge on any atom is 0.256 e. The van der Waals surface area contributed by atoms with Gasteiger partial charge in [-0.15, -0.1) is 0 Å². The van der Waals surface area contributed by atoms with Crippen molar-refractivity contribution in [3.63, 3.8) is 0 Å². The Bertz CT molecular complexity index is 1440. The van der Waals surface area contributed by atoms with Crippen LogP contribution in [0, 0.1) is 11.7 Å². The molecular formula is C26H30FN3O4S. The number of fused-ring (bicyclic) bond motifs is 3. The van der Waals surface area contributed by atoms with Crippen LogP contribution in [0.4, 0.5) is 10.1 Å². The van der Waals surface area contributed by atoms with E-state index in [1.54, 1.807) is 38.1 Å². The quantitative estimate of drug-likeness (QED) is 0.459. The van der Waals surface area contributed by atoms with Crippen LogP contribution in [0.2, 0.25) is 0 Å². The van der Waals surface area contributed by atoms with Gasteiger partial charge in [0.05, 0.1) is 23.2 Å². The first-order valence-corrected chi connectivity index (χ1v) is 12.9. The number of rotatable bonds is 7. The molecule has 1 amide bonds. The Morgan fingerprint density at radius 3 is 2.71 bits per heavy atom. The molecule has 1 atom stereocenters. The van der Waals surface area contributed by atoms with E-state index in [0.717, 1.165) is 27.4 Å². The fourth-order valence-corrected chi connectivity index (χ4v) is 5.60. The van der Waals surface area contributed by atoms with Crippen molar-refractivity contribution in [2.45, 2.75) is 45.1 Å². The average molecular weight is 500 g/mol. The molecule has 0 fully saturated rings. The minimum Gasteiger partial charge on any atom is -0.390 e. The van der Waals surface area contributed by atoms with E-state index in [2.05, 4.69) is 11.6 Å². The zero-order valence-electron chi connectivity index (χ0n) is 20.1. The first-order chi connectivity index (χ1) is 16.3. The normalized spacial score (nSPS) is 16.2. The zero-order chi connectivity index (χ0) is 25.7. The molecular weight excluding hydrogens is 469 g/mol. The van der Waals surface area contributed by atoms with Crippen molar-refractivity contribution in [3.8, 4) is 11.1 Å². The Hall–Kier alpha value is -3.17. The number of sulfonamides is 1. The highest BCUT2D eigenvalue weighted by Gasteiger charge is 2.33. The van der Waals surface area contributed by atoms with Crippen LogP contribution in [0.25, 0.3) is 22.0 Å². The summed E-state index contributed by atoms with van der Waals surface area (Å²) in [6.07, 6.45) is 1.82. The largest absolute Gasteiger partial charge is 0.390 e. The lowest BCUT2D eigenvalue weighted by Crippen LogP contribution is -2.34. The van der Waals surface area contributed by atoms with Crippen LogP contribution in [0.15, 0.2) is 42.3 Å². The summed E-state index contributed by atoms with van der Waals surface area (Å²) in [7, 11) is -2.31. The minimum atomic E-state index is -3.72. The summed E-state index contributed by atoms with van der Waals surface area (Å²) in [6, 6.07) is 7.96. The summed E-state index contributed by atoms with van der Waals surface area (Å²) < 4.78 is 41.4. The zero-order valence-corrected chi connectivity index (χ0v) is 20.9. The van der Waals surface area contributed by atoms with Gasteiger partial charge >= 0.3 is 0 Å². The number of aliphatic hydroxyl groups is 1. The van der Waals surface area contributed by atoms with Gasteiger partial charge in [-0.3, -0.25) is 9.10 Å². The van der Waals surface area contributed by atoms with Gasteiger partial charge in [0.15, 0.2) is 0 Å². The van der Waals surface area contributed by atoms with Crippen molar-refractivity contribution < 1.29 is 22.7 Å². The minimum absolute atomic E-state index is 0.0250. The number of H-pyrrole nitrogens is 1. The summed E-state index contributed by atoms with van der Waals surface area (Å²) in [6.45, 7) is 6.93. The van der Waals surface area contributed by atoms with Gasteiger partial charge in [-0.2, -0.15) is 0 Å². The molecule has 2 aromatic carbocycles. The van der Waals surface area contributed by atoms with Crippen LogP contribution in [-0.4, -0.2) is 37.1 Å². The maximum absolute atomic E-state index is 15.7. The summed E-state index contributed by atoms with van der Waals surface area (Å²) in [5.41, 5.74) is 8.73. The molecule has 0 saturated carbocycles. The van der Waals surface area contributed by atoms with E-state index in [1.165, 1.54) is 13.1 Å². The smallest absolute Gasteiger partial charge is 0.256 e. The second kappa shape index (κ2) is 8.80. The van der Waals surface area contributed by atoms with Gasteiger partial charge in [-0.1, -0.05) is 18.7 Å². The third kappa shape index (κ3) is 4.58. The van der Waals surface area contributed by atoms with Crippen molar-refractivity contribution in [1.82, 2.24) is 4.98 Å². The fraction of sp³-hybridized carbons (Fsp3) is 0.346. The van der Waals surface area contributed by atoms with E-state index in [4.69, 9.17) is 5.73 Å². The average Bonchev–Trinajstić information content (AvgIpc) is 3.17. The molecule has 4 N–H and O–H groups in total. The van der Waals surface area contributed by atoms with E-state index < -0.39 is 27.3 Å². The van der Waals surface area contributed by atoms with Crippen molar-refractivity contribution in [2.24, 2.45) is 11.7 Å². The summed E-state index contributed by atoms with van der Waals surface area (Å²) in [5, 5.41) is 12.1. The molecule has 186 valence electrons. The number of anilines is 1. The molecule has 35 heavy (non-hydrogen) atoms. The van der Waals surface area contributed by atoms with Gasteiger partial charge in [0, 0.05) is 29.1 Å². The third-order valence-corrected chi connectivity index (χ3v) is 8.35. The Morgan fingerprint density at radius 1 is 1.37 bits per heavy atom. The van der Waals surface area contributed by atoms with Gasteiger partial charge in [-0.05, 0) is 73.9 Å². The van der Waals surface area contributed by atoms with Gasteiger partial charge < -0.3 is 15.8 Å². The first kappa shape index (κ1) is 24.9. The lowest BCUT2D eigenvalue weighted by atomic mass is 9.77. The molecule has 1 aliphatic rings. The summed E-state index contributed by atoms with van der Waals surface area (Å²) >= 11 is 0. The molecule has 0 aliphatic heterocycles. The number of nitrogens with one attached hydrogen (secondary N) is 1. The molecule has 0 saturated heterocycles. The highest BCUT2D eigenvalue weighted by atomic mass is 32.2. The number of nitrogens with two attached hydrogens (primary N) is 1. The second-order valence-corrected chi connectivity index (χ2v) is 11.6. The molecule has 1 aliphatic carbocycles. The number of hydrogen-bond acceptors (Lipinski definition) is 4. The SMILES string of the molecule is C=CS(=O)(=O)N(C)c1cccc(-c2c(F)cc(CC(N)=O)c3[nH]c4c(c23)CC[C@@H](C(C)(C)O)C4)c1. The molecule has 7 nitrogen and oxygen atoms in total. The molecule has 0 unspecified atom stereocenters. The van der Waals surface area contributed by atoms with Crippen molar-refractivity contribution >= 4 is 32.5 Å². The number of carbonyl (C=O) groups excluding carboxylic acids is 1. The van der Waals surface area contributed by atoms with Gasteiger partial charge in [-0.25, -0.2) is 12.8 Å². The number of aromatic amines is 1. The Kier molecular flexibility index (Phi) is 6.27. The number of carbonyl (C=O) groups is 1. The van der Waals surface area contributed by atoms with E-state index in [0.29, 0.717) is 46.1 Å². The topological polar surface area (TPSA) is 116 Å². The molecule has 0 bridgehead atoms. The monoisotopic (exact) mass is 499 g/mol. The van der Waals surface area contributed by atoms with Crippen molar-refractivity contribution in [3.05, 3.63) is 65.0 Å². The molecule has 1 heterocycles. The Labute approximate surface area is 204 Å². The molecule has 4 rings (SSSR count). The number of primary amides is 1. The number of halogens is 1. The molecule has 0 spiro atoms. The van der Waals surface area contributed by atoms with Gasteiger partial charge in [0.25, 0.3) is 10.0 Å². The number of aryl methyl sites for hydroxylation is 1. The number of aromatic nitrogens is 1. The number of benzene rings is 2. The summed E-state index contributed by atoms with van der Waals surface area (Å²) in [4.78, 5) is 15.1. The van der Waals surface area contributed by atoms with Gasteiger partial charge in [0.2, 0.25) is 5.91 Å². The standard InChI is InChI=1S/C26H30FN3O4S/c1-5-35(33,34)30(4)18-8-6-7-15(11-18)23-20(27)12-16(13-22(28)31)25-24(23)19-10-9-17(26(2,3)32)14-21(19)29-25/h5-8,11-12,17,29,32H,1,9-10,13-14H2,2-4H3,(H2,28,31)/t17-/m1/s1. The van der Waals surface area contributed by atoms with Crippen LogP contribution < -0.4 is 10.0 Å². The van der Waals surface area contributed by atoms with Crippen LogP contribution in [0.1, 0.15) is 37.1 Å². The predicted octanol–water partition coefficient (Wildman–Crippen LogP) is 3.79. The first-order valence-electron chi connectivity index (χ1n) is 11.4. The van der Waals surface area contributed by atoms with E-state index in [9.17, 15) is 18.3 Å². The van der Waals surface area contributed by atoms with Crippen LogP contribution in [0.3, 0.4) is 0 Å². The van der Waals surface area contributed by atoms with E-state index in [-0.39, 0.29) is 12.3 Å². The number of nitrogens with zero attached hydrogens (tertiary/aromatic N) is 1. The maximum atomic E-state index is 15.7. The molecule has 9 heteroatoms. The fourth-order valence-electron chi connectivity index (χ4n) is 4.97. The Balaban J connectivity index is 1.96. The predicted molar refractivity (Wildman–Crippen MR) is 136 cm³/mol. The van der Waals surface area contributed by atoms with Crippen LogP contribution in [-0.2, 0) is 34.1 Å². The van der Waals surface area contributed by atoms with Crippen molar-refractivity contribution in [1.29, 1.82) is 0 Å². The summed E-state index contributed by atoms with van der Waals surface area (Å²) in [5.74, 6) is -1.07. The Morgan fingerprint density at radius 2 is 2.09 bits per heavy atom. The van der Waals surface area contributed by atoms with Crippen LogP contribution >= 0.6 is 0 Å². The highest BCUT2D eigenvalue weighted by molar-refractivity contribution is 7.95. The number of amides is 1. The third-order valence-electron chi connectivity index (χ3n) is 6.95. The lowest BCUT2D eigenvalue weighted by Gasteiger charge is -2.32. The molecule has 0 radical (unpaired) electrons. The number of hydrogen-bond donors (Lipinski definition) is 3. The lowest BCUT2D eigenvalue weighted by molar-refractivity contribution is -0.117. The highest BCUT2D eigenvalue weighted by Crippen LogP contribution is 2.43.